The van der Waals surface area contributed by atoms with Gasteiger partial charge >= 0.3 is 33.3 Å². The molecule has 0 spiro atoms. The molecule has 1 aromatic rings. The molecule has 2 rings (SSSR count). The summed E-state index contributed by atoms with van der Waals surface area (Å²) in [6, 6.07) is 1.24. The molecular formula is C52H85N3O16P2. The highest BCUT2D eigenvalue weighted by Crippen LogP contribution is 2.60. The maximum Gasteiger partial charge on any atom is 0.481 e. The molecule has 2 unspecified atom stereocenters. The third-order valence-electron chi connectivity index (χ3n) is 11.4. The number of anilines is 1. The lowest BCUT2D eigenvalue weighted by Crippen LogP contribution is -2.36. The number of carbonyl (C=O) groups is 2. The Balaban J connectivity index is 1.85. The molecule has 8 atom stereocenters. The number of nitrogens with two attached hydrogens (primary N) is 1. The third kappa shape index (κ3) is 32.3. The van der Waals surface area contributed by atoms with E-state index in [4.69, 9.17) is 29.0 Å². The zero-order chi connectivity index (χ0) is 53.6. The number of nitrogens with zero attached hydrogens (tertiary/aromatic N) is 2. The van der Waals surface area contributed by atoms with Crippen LogP contribution in [-0.4, -0.2) is 96.9 Å². The summed E-state index contributed by atoms with van der Waals surface area (Å²) in [5, 5.41) is 31.3. The fourth-order valence-electron chi connectivity index (χ4n) is 7.27. The van der Waals surface area contributed by atoms with Gasteiger partial charge in [-0.2, -0.15) is 9.29 Å². The van der Waals surface area contributed by atoms with Gasteiger partial charge in [0.2, 0.25) is 0 Å². The van der Waals surface area contributed by atoms with Crippen molar-refractivity contribution >= 4 is 33.4 Å². The number of aliphatic hydroxyl groups is 3. The Morgan fingerprint density at radius 1 is 0.726 bits per heavy atom. The lowest BCUT2D eigenvalue weighted by atomic mass is 10.1. The average molecular weight is 1070 g/mol. The van der Waals surface area contributed by atoms with Crippen LogP contribution in [0.25, 0.3) is 0 Å². The van der Waals surface area contributed by atoms with Crippen molar-refractivity contribution < 1.29 is 71.4 Å². The van der Waals surface area contributed by atoms with Crippen molar-refractivity contribution in [1.29, 1.82) is 0 Å². The number of nitrogen functional groups attached to an aromatic ring is 1. The lowest BCUT2D eigenvalue weighted by Gasteiger charge is -2.21. The highest BCUT2D eigenvalue weighted by Gasteiger charge is 2.46. The van der Waals surface area contributed by atoms with Crippen molar-refractivity contribution in [3.63, 3.8) is 0 Å². The molecule has 414 valence electrons. The summed E-state index contributed by atoms with van der Waals surface area (Å²) in [6.45, 7) is 1.91. The SMILES string of the molecule is CCCCC/C=C\C/C=C\C/C=C\C=C\[C@H](O)CCCC(=O)O[C@H](COC(=O)CCCCCCCCC/C=C\C/C=C\CCCCC)COP(=O)(O)OP(=O)(O)OC[C@H]1O[C@@H](n2ccc(N)nc2=O)[C@H](O)[C@@H]1O. The molecule has 1 saturated heterocycles. The van der Waals surface area contributed by atoms with Gasteiger partial charge in [-0.15, -0.1) is 0 Å². The number of aromatic nitrogens is 2. The third-order valence-corrected chi connectivity index (χ3v) is 14.0. The molecule has 1 aromatic heterocycles. The molecule has 0 aromatic carbocycles. The van der Waals surface area contributed by atoms with Gasteiger partial charge in [0, 0.05) is 19.0 Å². The predicted molar refractivity (Wildman–Crippen MR) is 281 cm³/mol. The van der Waals surface area contributed by atoms with Gasteiger partial charge in [0.25, 0.3) is 0 Å². The summed E-state index contributed by atoms with van der Waals surface area (Å²) >= 11 is 0. The van der Waals surface area contributed by atoms with Crippen LogP contribution in [0.1, 0.15) is 168 Å². The molecule has 1 aliphatic rings. The van der Waals surface area contributed by atoms with E-state index in [0.29, 0.717) is 6.42 Å². The van der Waals surface area contributed by atoms with Crippen molar-refractivity contribution in [3.05, 3.63) is 95.7 Å². The van der Waals surface area contributed by atoms with Crippen molar-refractivity contribution in [2.24, 2.45) is 0 Å². The summed E-state index contributed by atoms with van der Waals surface area (Å²) in [7, 11) is -10.9. The second kappa shape index (κ2) is 39.6. The van der Waals surface area contributed by atoms with E-state index in [0.717, 1.165) is 87.8 Å². The van der Waals surface area contributed by atoms with Gasteiger partial charge in [0.05, 0.1) is 19.3 Å². The van der Waals surface area contributed by atoms with Crippen molar-refractivity contribution in [1.82, 2.24) is 9.55 Å². The first-order valence-electron chi connectivity index (χ1n) is 26.1. The molecule has 0 bridgehead atoms. The lowest BCUT2D eigenvalue weighted by molar-refractivity contribution is -0.161. The minimum atomic E-state index is -5.48. The number of allylic oxidation sites excluding steroid dienone is 11. The topological polar surface area (TPSA) is 286 Å². The highest BCUT2D eigenvalue weighted by atomic mass is 31.3. The van der Waals surface area contributed by atoms with Crippen LogP contribution >= 0.6 is 15.6 Å². The van der Waals surface area contributed by atoms with Gasteiger partial charge < -0.3 is 45.1 Å². The van der Waals surface area contributed by atoms with E-state index in [2.05, 4.69) is 71.8 Å². The molecule has 73 heavy (non-hydrogen) atoms. The Morgan fingerprint density at radius 2 is 1.27 bits per heavy atom. The minimum absolute atomic E-state index is 0.0743. The second-order valence-corrected chi connectivity index (χ2v) is 20.9. The molecule has 7 N–H and O–H groups in total. The maximum atomic E-state index is 12.9. The van der Waals surface area contributed by atoms with Crippen molar-refractivity contribution in [2.45, 2.75) is 198 Å². The van der Waals surface area contributed by atoms with Crippen LogP contribution in [0.15, 0.2) is 90.0 Å². The number of rotatable bonds is 42. The quantitative estimate of drug-likeness (QED) is 0.0117. The van der Waals surface area contributed by atoms with Gasteiger partial charge in [0.15, 0.2) is 12.3 Å². The first-order chi connectivity index (χ1) is 35.1. The summed E-state index contributed by atoms with van der Waals surface area (Å²) in [6.07, 6.45) is 37.1. The fraction of sp³-hybridized carbons (Fsp3) is 0.654. The van der Waals surface area contributed by atoms with Gasteiger partial charge in [-0.05, 0) is 83.1 Å². The van der Waals surface area contributed by atoms with E-state index in [1.807, 2.05) is 12.2 Å². The number of aliphatic hydroxyl groups excluding tert-OH is 3. The van der Waals surface area contributed by atoms with Gasteiger partial charge in [0.1, 0.15) is 30.7 Å². The first kappa shape index (κ1) is 65.3. The van der Waals surface area contributed by atoms with Crippen LogP contribution in [-0.2, 0) is 46.3 Å². The number of esters is 2. The van der Waals surface area contributed by atoms with Crippen molar-refractivity contribution in [3.8, 4) is 0 Å². The average Bonchev–Trinajstić information content (AvgIpc) is 3.62. The summed E-state index contributed by atoms with van der Waals surface area (Å²) < 4.78 is 56.6. The molecule has 1 fully saturated rings. The standard InChI is InChI=1S/C52H85N3O16P2/c1-3-5-7-9-11-13-15-17-18-19-20-22-24-26-28-30-32-36-47(57)66-40-44(69-48(58)37-33-35-43(56)34-31-29-27-25-23-21-16-14-12-10-8-6-4-2)41-67-72(62,63)71-73(64,65)68-42-45-49(59)50(60)51(70-45)55-39-38-46(53)54-52(55)61/h11-14,17-18,21,23,27,29,31,34,38-39,43-45,49-51,56,59-60H,3-10,15-16,19-20,22,24-26,28,30,32-33,35-37,40-42H2,1-2H3,(H,62,63)(H,64,65)(H2,53,54,61)/b13-11-,14-12-,18-17-,23-21-,29-27-,34-31+/t43-,44+,45+,49+,50+,51+/m0/s1. The summed E-state index contributed by atoms with van der Waals surface area (Å²) in [5.41, 5.74) is 4.57. The van der Waals surface area contributed by atoms with Crippen LogP contribution in [0, 0.1) is 0 Å². The maximum absolute atomic E-state index is 12.9. The Labute approximate surface area is 432 Å². The van der Waals surface area contributed by atoms with E-state index in [-0.39, 0.29) is 31.5 Å². The number of carbonyl (C=O) groups excluding carboxylic acids is 2. The Hall–Kier alpha value is -3.84. The first-order valence-corrected chi connectivity index (χ1v) is 29.0. The normalized spacial score (nSPS) is 20.0. The van der Waals surface area contributed by atoms with Crippen LogP contribution < -0.4 is 11.4 Å². The summed E-state index contributed by atoms with van der Waals surface area (Å²) in [5.74, 6) is -1.52. The van der Waals surface area contributed by atoms with E-state index in [9.17, 15) is 48.6 Å². The Kier molecular flexibility index (Phi) is 35.4. The highest BCUT2D eigenvalue weighted by molar-refractivity contribution is 7.61. The second-order valence-electron chi connectivity index (χ2n) is 17.9. The largest absolute Gasteiger partial charge is 0.481 e. The van der Waals surface area contributed by atoms with Gasteiger partial charge in [-0.1, -0.05) is 145 Å². The minimum Gasteiger partial charge on any atom is -0.462 e. The Bertz CT molecular complexity index is 2020. The monoisotopic (exact) mass is 1070 g/mol. The van der Waals surface area contributed by atoms with Crippen LogP contribution in [0.5, 0.6) is 0 Å². The molecule has 0 radical (unpaired) electrons. The molecule has 0 amide bonds. The molecule has 2 heterocycles. The Morgan fingerprint density at radius 3 is 1.89 bits per heavy atom. The van der Waals surface area contributed by atoms with Crippen LogP contribution in [0.3, 0.4) is 0 Å². The number of phosphoric ester groups is 2. The molecular weight excluding hydrogens is 985 g/mol. The predicted octanol–water partition coefficient (Wildman–Crippen LogP) is 9.86. The molecule has 0 saturated carbocycles. The molecule has 0 aliphatic carbocycles. The van der Waals surface area contributed by atoms with E-state index in [1.165, 1.54) is 44.6 Å². The number of phosphoric acid groups is 2. The van der Waals surface area contributed by atoms with Crippen LogP contribution in [0.4, 0.5) is 5.82 Å². The fourth-order valence-corrected chi connectivity index (χ4v) is 9.38. The zero-order valence-electron chi connectivity index (χ0n) is 43.0. The summed E-state index contributed by atoms with van der Waals surface area (Å²) in [4.78, 5) is 62.0. The molecule has 21 heteroatoms. The van der Waals surface area contributed by atoms with E-state index in [1.54, 1.807) is 12.2 Å². The van der Waals surface area contributed by atoms with Gasteiger partial charge in [-0.3, -0.25) is 23.2 Å². The zero-order valence-corrected chi connectivity index (χ0v) is 44.8. The number of hydrogen-bond acceptors (Lipinski definition) is 16. The van der Waals surface area contributed by atoms with E-state index >= 15 is 0 Å². The number of ether oxygens (including phenoxy) is 3. The van der Waals surface area contributed by atoms with Crippen molar-refractivity contribution in [2.75, 3.05) is 25.6 Å². The van der Waals surface area contributed by atoms with Crippen LogP contribution in [0.2, 0.25) is 0 Å². The smallest absolute Gasteiger partial charge is 0.462 e. The van der Waals surface area contributed by atoms with E-state index < -0.39 is 89.8 Å². The number of unbranched alkanes of at least 4 members (excludes halogenated alkanes) is 13. The van der Waals surface area contributed by atoms with Gasteiger partial charge in [-0.25, -0.2) is 13.9 Å². The molecule has 1 aliphatic heterocycles. The molecule has 19 nitrogen and oxygen atoms in total. The number of hydrogen-bond donors (Lipinski definition) is 6.